The van der Waals surface area contributed by atoms with Crippen molar-refractivity contribution < 1.29 is 27.4 Å². The molecule has 194 valence electrons. The summed E-state index contributed by atoms with van der Waals surface area (Å²) < 4.78 is 53.1. The van der Waals surface area contributed by atoms with E-state index < -0.39 is 23.8 Å². The maximum absolute atomic E-state index is 13.3. The number of thioether (sulfide) groups is 1. The van der Waals surface area contributed by atoms with E-state index in [1.807, 2.05) is 31.4 Å². The summed E-state index contributed by atoms with van der Waals surface area (Å²) >= 11 is 6.78. The monoisotopic (exact) mass is 542 g/mol. The fourth-order valence-corrected chi connectivity index (χ4v) is 4.28. The van der Waals surface area contributed by atoms with Crippen LogP contribution in [0.25, 0.3) is 0 Å². The van der Waals surface area contributed by atoms with Crippen LogP contribution in [-0.2, 0) is 17.5 Å². The van der Waals surface area contributed by atoms with Crippen LogP contribution in [0.4, 0.5) is 18.9 Å². The molecule has 0 bridgehead atoms. The van der Waals surface area contributed by atoms with E-state index in [0.29, 0.717) is 29.0 Å². The Labute approximate surface area is 216 Å². The molecule has 1 atom stereocenters. The summed E-state index contributed by atoms with van der Waals surface area (Å²) in [6, 6.07) is 10.4. The van der Waals surface area contributed by atoms with Gasteiger partial charge in [0.25, 0.3) is 0 Å². The van der Waals surface area contributed by atoms with Gasteiger partial charge in [-0.3, -0.25) is 4.79 Å². The van der Waals surface area contributed by atoms with Crippen LogP contribution >= 0.6 is 23.4 Å². The molecule has 0 aliphatic carbocycles. The molecular formula is C24H26ClF3N4O3S. The van der Waals surface area contributed by atoms with Crippen LogP contribution < -0.4 is 14.8 Å². The van der Waals surface area contributed by atoms with E-state index in [-0.39, 0.29) is 22.4 Å². The lowest BCUT2D eigenvalue weighted by Crippen LogP contribution is -2.19. The Kier molecular flexibility index (Phi) is 9.13. The number of benzene rings is 2. The van der Waals surface area contributed by atoms with E-state index >= 15 is 0 Å². The predicted octanol–water partition coefficient (Wildman–Crippen LogP) is 6.49. The number of ether oxygens (including phenoxy) is 2. The SMILES string of the molecule is COc1cccc(OC(C)c2nnc(SCC(=O)Nc3ccc(Cl)cc3C(F)(F)F)n2CC(C)C)c1. The number of amides is 1. The molecule has 36 heavy (non-hydrogen) atoms. The lowest BCUT2D eigenvalue weighted by atomic mass is 10.1. The zero-order valence-corrected chi connectivity index (χ0v) is 21.7. The Balaban J connectivity index is 1.74. The van der Waals surface area contributed by atoms with Crippen LogP contribution in [0.1, 0.15) is 38.3 Å². The van der Waals surface area contributed by atoms with E-state index in [0.717, 1.165) is 23.9 Å². The van der Waals surface area contributed by atoms with Gasteiger partial charge in [-0.15, -0.1) is 10.2 Å². The zero-order valence-electron chi connectivity index (χ0n) is 20.1. The fourth-order valence-electron chi connectivity index (χ4n) is 3.35. The van der Waals surface area contributed by atoms with Gasteiger partial charge in [-0.2, -0.15) is 13.2 Å². The van der Waals surface area contributed by atoms with Crippen molar-refractivity contribution in [1.82, 2.24) is 14.8 Å². The Bertz CT molecular complexity index is 1200. The molecule has 1 heterocycles. The van der Waals surface area contributed by atoms with Crippen molar-refractivity contribution in [2.75, 3.05) is 18.2 Å². The molecule has 0 aliphatic rings. The van der Waals surface area contributed by atoms with Gasteiger partial charge < -0.3 is 19.4 Å². The molecule has 0 radical (unpaired) electrons. The minimum atomic E-state index is -4.66. The van der Waals surface area contributed by atoms with Crippen molar-refractivity contribution in [3.05, 3.63) is 58.9 Å². The summed E-state index contributed by atoms with van der Waals surface area (Å²) in [4.78, 5) is 12.5. The standard InChI is InChI=1S/C24H26ClF3N4O3S/c1-14(2)12-32-22(15(3)35-18-7-5-6-17(11-18)34-4)30-31-23(32)36-13-21(33)29-20-9-8-16(25)10-19(20)24(26,27)28/h5-11,14-15H,12-13H2,1-4H3,(H,29,33). The summed E-state index contributed by atoms with van der Waals surface area (Å²) in [5.41, 5.74) is -1.37. The van der Waals surface area contributed by atoms with Gasteiger partial charge >= 0.3 is 6.18 Å². The third-order valence-corrected chi connectivity index (χ3v) is 6.11. The maximum Gasteiger partial charge on any atom is 0.418 e. The Hall–Kier alpha value is -2.92. The Morgan fingerprint density at radius 2 is 1.86 bits per heavy atom. The van der Waals surface area contributed by atoms with Gasteiger partial charge in [0.15, 0.2) is 17.1 Å². The van der Waals surface area contributed by atoms with Gasteiger partial charge in [0, 0.05) is 17.6 Å². The number of hydrogen-bond acceptors (Lipinski definition) is 6. The molecule has 3 rings (SSSR count). The first-order valence-corrected chi connectivity index (χ1v) is 12.4. The molecule has 0 saturated heterocycles. The smallest absolute Gasteiger partial charge is 0.418 e. The topological polar surface area (TPSA) is 78.3 Å². The number of alkyl halides is 3. The molecule has 1 amide bonds. The number of nitrogens with one attached hydrogen (secondary N) is 1. The molecule has 0 aliphatic heterocycles. The van der Waals surface area contributed by atoms with Crippen LogP contribution in [0.3, 0.4) is 0 Å². The number of anilines is 1. The average Bonchev–Trinajstić information content (AvgIpc) is 3.20. The minimum absolute atomic E-state index is 0.0747. The lowest BCUT2D eigenvalue weighted by Gasteiger charge is -2.18. The van der Waals surface area contributed by atoms with Gasteiger partial charge in [0.2, 0.25) is 5.91 Å². The zero-order chi connectivity index (χ0) is 26.5. The van der Waals surface area contributed by atoms with Crippen LogP contribution in [-0.4, -0.2) is 33.5 Å². The fraction of sp³-hybridized carbons (Fsp3) is 0.375. The second-order valence-electron chi connectivity index (χ2n) is 8.31. The summed E-state index contributed by atoms with van der Waals surface area (Å²) in [6.45, 7) is 6.45. The van der Waals surface area contributed by atoms with Gasteiger partial charge in [-0.05, 0) is 43.2 Å². The molecule has 3 aromatic rings. The van der Waals surface area contributed by atoms with E-state index in [1.54, 1.807) is 25.3 Å². The Morgan fingerprint density at radius 3 is 2.53 bits per heavy atom. The largest absolute Gasteiger partial charge is 0.497 e. The van der Waals surface area contributed by atoms with Crippen LogP contribution in [0, 0.1) is 5.92 Å². The molecule has 0 fully saturated rings. The number of hydrogen-bond donors (Lipinski definition) is 1. The number of carbonyl (C=O) groups is 1. The first-order chi connectivity index (χ1) is 17.0. The highest BCUT2D eigenvalue weighted by atomic mass is 35.5. The molecule has 0 saturated carbocycles. The second kappa shape index (κ2) is 11.9. The van der Waals surface area contributed by atoms with Crippen LogP contribution in [0.2, 0.25) is 5.02 Å². The van der Waals surface area contributed by atoms with E-state index in [4.69, 9.17) is 21.1 Å². The number of halogens is 4. The van der Waals surface area contributed by atoms with Crippen molar-refractivity contribution >= 4 is 35.0 Å². The summed E-state index contributed by atoms with van der Waals surface area (Å²) in [5.74, 6) is 1.26. The first kappa shape index (κ1) is 27.7. The molecule has 7 nitrogen and oxygen atoms in total. The van der Waals surface area contributed by atoms with Crippen molar-refractivity contribution in [3.63, 3.8) is 0 Å². The maximum atomic E-state index is 13.3. The average molecular weight is 543 g/mol. The van der Waals surface area contributed by atoms with Crippen LogP contribution in [0.5, 0.6) is 11.5 Å². The number of methoxy groups -OCH3 is 1. The molecule has 1 N–H and O–H groups in total. The molecule has 0 spiro atoms. The van der Waals surface area contributed by atoms with E-state index in [1.165, 1.54) is 6.07 Å². The third kappa shape index (κ3) is 7.30. The molecule has 12 heteroatoms. The normalized spacial score (nSPS) is 12.5. The Morgan fingerprint density at radius 1 is 1.14 bits per heavy atom. The summed E-state index contributed by atoms with van der Waals surface area (Å²) in [7, 11) is 1.57. The van der Waals surface area contributed by atoms with Crippen molar-refractivity contribution in [2.24, 2.45) is 5.92 Å². The van der Waals surface area contributed by atoms with Gasteiger partial charge in [-0.1, -0.05) is 43.3 Å². The van der Waals surface area contributed by atoms with Gasteiger partial charge in [-0.25, -0.2) is 0 Å². The van der Waals surface area contributed by atoms with Gasteiger partial charge in [0.05, 0.1) is 24.1 Å². The highest BCUT2D eigenvalue weighted by Gasteiger charge is 2.34. The molecule has 1 unspecified atom stereocenters. The van der Waals surface area contributed by atoms with Crippen molar-refractivity contribution in [3.8, 4) is 11.5 Å². The first-order valence-electron chi connectivity index (χ1n) is 11.0. The third-order valence-electron chi connectivity index (χ3n) is 4.90. The lowest BCUT2D eigenvalue weighted by molar-refractivity contribution is -0.137. The number of rotatable bonds is 10. The predicted molar refractivity (Wildman–Crippen MR) is 133 cm³/mol. The van der Waals surface area contributed by atoms with Crippen molar-refractivity contribution in [1.29, 1.82) is 0 Å². The molecule has 1 aromatic heterocycles. The number of nitrogens with zero attached hydrogens (tertiary/aromatic N) is 3. The van der Waals surface area contributed by atoms with E-state index in [9.17, 15) is 18.0 Å². The quantitative estimate of drug-likeness (QED) is 0.295. The summed E-state index contributed by atoms with van der Waals surface area (Å²) in [5, 5.41) is 11.2. The molecule has 2 aromatic carbocycles. The summed E-state index contributed by atoms with van der Waals surface area (Å²) in [6.07, 6.45) is -5.12. The number of aromatic nitrogens is 3. The second-order valence-corrected chi connectivity index (χ2v) is 9.69. The van der Waals surface area contributed by atoms with Gasteiger partial charge in [0.1, 0.15) is 11.5 Å². The molecular weight excluding hydrogens is 517 g/mol. The minimum Gasteiger partial charge on any atom is -0.497 e. The van der Waals surface area contributed by atoms with Crippen molar-refractivity contribution in [2.45, 2.75) is 44.8 Å². The highest BCUT2D eigenvalue weighted by Crippen LogP contribution is 2.36. The number of carbonyl (C=O) groups excluding carboxylic acids is 1. The highest BCUT2D eigenvalue weighted by molar-refractivity contribution is 7.99. The van der Waals surface area contributed by atoms with Crippen LogP contribution in [0.15, 0.2) is 47.6 Å². The van der Waals surface area contributed by atoms with E-state index in [2.05, 4.69) is 15.5 Å².